The molecule has 3 aromatic carbocycles. The minimum absolute atomic E-state index is 0.0851. The summed E-state index contributed by atoms with van der Waals surface area (Å²) in [6.07, 6.45) is 1.95. The van der Waals surface area contributed by atoms with Crippen molar-refractivity contribution in [1.29, 1.82) is 0 Å². The number of carbonyl (C=O) groups excluding carboxylic acids is 1. The highest BCUT2D eigenvalue weighted by molar-refractivity contribution is 9.10. The maximum absolute atomic E-state index is 13.3. The van der Waals surface area contributed by atoms with Crippen molar-refractivity contribution in [2.45, 2.75) is 23.3 Å². The van der Waals surface area contributed by atoms with Gasteiger partial charge < -0.3 is 5.32 Å². The monoisotopic (exact) mass is 518 g/mol. The lowest BCUT2D eigenvalue weighted by Crippen LogP contribution is -2.37. The third-order valence-corrected chi connectivity index (χ3v) is 7.66. The van der Waals surface area contributed by atoms with Gasteiger partial charge in [-0.05, 0) is 61.2 Å². The van der Waals surface area contributed by atoms with Crippen molar-refractivity contribution >= 4 is 49.3 Å². The van der Waals surface area contributed by atoms with Crippen molar-refractivity contribution in [2.75, 3.05) is 18.1 Å². The van der Waals surface area contributed by atoms with E-state index in [0.717, 1.165) is 20.5 Å². The van der Waals surface area contributed by atoms with Crippen molar-refractivity contribution in [2.24, 2.45) is 0 Å². The van der Waals surface area contributed by atoms with Crippen molar-refractivity contribution in [3.8, 4) is 0 Å². The van der Waals surface area contributed by atoms with Gasteiger partial charge in [0.15, 0.2) is 0 Å². The van der Waals surface area contributed by atoms with Gasteiger partial charge in [0.2, 0.25) is 15.9 Å². The van der Waals surface area contributed by atoms with Crippen LogP contribution < -0.4 is 5.32 Å². The van der Waals surface area contributed by atoms with E-state index in [2.05, 4.69) is 21.2 Å². The average molecular weight is 519 g/mol. The van der Waals surface area contributed by atoms with Crippen LogP contribution in [0.5, 0.6) is 0 Å². The Morgan fingerprint density at radius 3 is 2.35 bits per heavy atom. The number of anilines is 1. The van der Waals surface area contributed by atoms with Gasteiger partial charge in [-0.1, -0.05) is 51.8 Å². The third kappa shape index (κ3) is 6.43. The summed E-state index contributed by atoms with van der Waals surface area (Å²) in [7, 11) is -3.87. The fourth-order valence-electron chi connectivity index (χ4n) is 2.94. The Balaban J connectivity index is 1.86. The van der Waals surface area contributed by atoms with Gasteiger partial charge in [0.1, 0.15) is 0 Å². The molecule has 0 aliphatic carbocycles. The van der Waals surface area contributed by atoms with E-state index in [1.807, 2.05) is 55.6 Å². The number of amides is 1. The van der Waals surface area contributed by atoms with Gasteiger partial charge in [-0.15, -0.1) is 11.8 Å². The first kappa shape index (κ1) is 23.5. The molecule has 0 aliphatic rings. The molecule has 0 heterocycles. The summed E-state index contributed by atoms with van der Waals surface area (Å²) >= 11 is 4.95. The fourth-order valence-corrected chi connectivity index (χ4v) is 5.05. The Hall–Kier alpha value is -2.13. The highest BCUT2D eigenvalue weighted by Crippen LogP contribution is 2.22. The lowest BCUT2D eigenvalue weighted by molar-refractivity contribution is -0.116. The normalized spacial score (nSPS) is 11.5. The second-order valence-electron chi connectivity index (χ2n) is 6.99. The summed E-state index contributed by atoms with van der Waals surface area (Å²) in [4.78, 5) is 13.9. The summed E-state index contributed by atoms with van der Waals surface area (Å²) in [5.41, 5.74) is 2.38. The first-order valence-electron chi connectivity index (χ1n) is 9.53. The van der Waals surface area contributed by atoms with E-state index >= 15 is 0 Å². The number of hydrogen-bond acceptors (Lipinski definition) is 4. The van der Waals surface area contributed by atoms with E-state index < -0.39 is 15.9 Å². The molecular weight excluding hydrogens is 496 g/mol. The highest BCUT2D eigenvalue weighted by Gasteiger charge is 2.27. The van der Waals surface area contributed by atoms with Gasteiger partial charge in [-0.3, -0.25) is 4.79 Å². The number of halogens is 1. The van der Waals surface area contributed by atoms with E-state index in [1.165, 1.54) is 4.31 Å². The minimum Gasteiger partial charge on any atom is -0.325 e. The number of benzene rings is 3. The van der Waals surface area contributed by atoms with Gasteiger partial charge >= 0.3 is 0 Å². The number of sulfonamides is 1. The van der Waals surface area contributed by atoms with Gasteiger partial charge in [0.05, 0.1) is 11.4 Å². The van der Waals surface area contributed by atoms with Crippen LogP contribution in [0.15, 0.2) is 87.1 Å². The Morgan fingerprint density at radius 2 is 1.71 bits per heavy atom. The molecule has 5 nitrogen and oxygen atoms in total. The summed E-state index contributed by atoms with van der Waals surface area (Å²) in [6.45, 7) is 1.68. The number of rotatable bonds is 8. The molecule has 0 spiro atoms. The molecule has 0 fully saturated rings. The average Bonchev–Trinajstić information content (AvgIpc) is 2.75. The number of thioether (sulfide) groups is 1. The van der Waals surface area contributed by atoms with Gasteiger partial charge in [0, 0.05) is 21.6 Å². The van der Waals surface area contributed by atoms with Crippen LogP contribution in [0, 0.1) is 6.92 Å². The SMILES string of the molecule is CSc1cccc(NC(=O)CN(Cc2ccc(Br)cc2)S(=O)(=O)c2ccc(C)cc2)c1. The summed E-state index contributed by atoms with van der Waals surface area (Å²) in [6, 6.07) is 21.4. The molecule has 0 bridgehead atoms. The molecule has 0 saturated carbocycles. The summed E-state index contributed by atoms with van der Waals surface area (Å²) in [5.74, 6) is -0.397. The minimum atomic E-state index is -3.87. The van der Waals surface area contributed by atoms with E-state index in [-0.39, 0.29) is 18.0 Å². The van der Waals surface area contributed by atoms with Crippen LogP contribution >= 0.6 is 27.7 Å². The fraction of sp³-hybridized carbons (Fsp3) is 0.174. The molecule has 162 valence electrons. The molecule has 0 aliphatic heterocycles. The third-order valence-electron chi connectivity index (χ3n) is 4.60. The number of carbonyl (C=O) groups is 1. The number of aryl methyl sites for hydroxylation is 1. The van der Waals surface area contributed by atoms with E-state index in [0.29, 0.717) is 5.69 Å². The van der Waals surface area contributed by atoms with E-state index in [4.69, 9.17) is 0 Å². The van der Waals surface area contributed by atoms with Crippen LogP contribution in [-0.4, -0.2) is 31.4 Å². The van der Waals surface area contributed by atoms with Crippen molar-refractivity contribution in [3.63, 3.8) is 0 Å². The quantitative estimate of drug-likeness (QED) is 0.410. The summed E-state index contributed by atoms with van der Waals surface area (Å²) in [5, 5.41) is 2.81. The van der Waals surface area contributed by atoms with E-state index in [9.17, 15) is 13.2 Å². The zero-order valence-electron chi connectivity index (χ0n) is 17.2. The van der Waals surface area contributed by atoms with Crippen molar-refractivity contribution in [3.05, 3.63) is 88.4 Å². The molecule has 0 atom stereocenters. The van der Waals surface area contributed by atoms with Crippen molar-refractivity contribution < 1.29 is 13.2 Å². The lowest BCUT2D eigenvalue weighted by Gasteiger charge is -2.22. The maximum atomic E-state index is 13.3. The largest absolute Gasteiger partial charge is 0.325 e. The molecule has 1 N–H and O–H groups in total. The molecule has 0 aromatic heterocycles. The lowest BCUT2D eigenvalue weighted by atomic mass is 10.2. The Labute approximate surface area is 196 Å². The Kier molecular flexibility index (Phi) is 7.94. The van der Waals surface area contributed by atoms with Gasteiger partial charge in [-0.25, -0.2) is 8.42 Å². The zero-order chi connectivity index (χ0) is 22.4. The molecule has 31 heavy (non-hydrogen) atoms. The second kappa shape index (κ2) is 10.5. The van der Waals surface area contributed by atoms with Gasteiger partial charge in [0.25, 0.3) is 0 Å². The maximum Gasteiger partial charge on any atom is 0.243 e. The van der Waals surface area contributed by atoms with Crippen LogP contribution in [0.3, 0.4) is 0 Å². The van der Waals surface area contributed by atoms with Crippen molar-refractivity contribution in [1.82, 2.24) is 4.31 Å². The molecular formula is C23H23BrN2O3S2. The van der Waals surface area contributed by atoms with Crippen LogP contribution in [-0.2, 0) is 21.4 Å². The number of nitrogens with zero attached hydrogens (tertiary/aromatic N) is 1. The zero-order valence-corrected chi connectivity index (χ0v) is 20.4. The van der Waals surface area contributed by atoms with Crippen LogP contribution in [0.4, 0.5) is 5.69 Å². The topological polar surface area (TPSA) is 66.5 Å². The van der Waals surface area contributed by atoms with E-state index in [1.54, 1.807) is 42.1 Å². The Morgan fingerprint density at radius 1 is 1.03 bits per heavy atom. The number of nitrogens with one attached hydrogen (secondary N) is 1. The summed E-state index contributed by atoms with van der Waals surface area (Å²) < 4.78 is 28.8. The molecule has 3 aromatic rings. The van der Waals surface area contributed by atoms with Gasteiger partial charge in [-0.2, -0.15) is 4.31 Å². The second-order valence-corrected chi connectivity index (χ2v) is 10.7. The predicted octanol–water partition coefficient (Wildman–Crippen LogP) is 5.31. The van der Waals surface area contributed by atoms with Crippen LogP contribution in [0.2, 0.25) is 0 Å². The molecule has 1 amide bonds. The molecule has 0 radical (unpaired) electrons. The molecule has 8 heteroatoms. The predicted molar refractivity (Wildman–Crippen MR) is 130 cm³/mol. The molecule has 0 saturated heterocycles. The molecule has 0 unspecified atom stereocenters. The molecule has 3 rings (SSSR count). The smallest absolute Gasteiger partial charge is 0.243 e. The number of hydrogen-bond donors (Lipinski definition) is 1. The van der Waals surface area contributed by atoms with Crippen LogP contribution in [0.25, 0.3) is 0 Å². The first-order chi connectivity index (χ1) is 14.8. The van der Waals surface area contributed by atoms with Crippen LogP contribution in [0.1, 0.15) is 11.1 Å². The highest BCUT2D eigenvalue weighted by atomic mass is 79.9. The Bertz CT molecular complexity index is 1150. The first-order valence-corrected chi connectivity index (χ1v) is 13.0. The standard InChI is InChI=1S/C23H23BrN2O3S2/c1-17-6-12-22(13-7-17)31(28,29)26(15-18-8-10-19(24)11-9-18)16-23(27)25-20-4-3-5-21(14-20)30-2/h3-14H,15-16H2,1-2H3,(H,25,27).